The van der Waals surface area contributed by atoms with Crippen molar-refractivity contribution in [2.45, 2.75) is 161 Å². The first kappa shape index (κ1) is 31.4. The van der Waals surface area contributed by atoms with E-state index in [0.29, 0.717) is 5.16 Å². The molecule has 0 bridgehead atoms. The van der Waals surface area contributed by atoms with Gasteiger partial charge < -0.3 is 0 Å². The van der Waals surface area contributed by atoms with E-state index in [9.17, 15) is 0 Å². The molecule has 0 spiro atoms. The van der Waals surface area contributed by atoms with Crippen LogP contribution in [0.1, 0.15) is 160 Å². The first-order chi connectivity index (χ1) is 16.7. The lowest BCUT2D eigenvalue weighted by Gasteiger charge is -2.36. The summed E-state index contributed by atoms with van der Waals surface area (Å²) in [6.07, 6.45) is 29.0. The molecule has 0 nitrogen and oxygen atoms in total. The van der Waals surface area contributed by atoms with E-state index in [4.69, 9.17) is 0 Å². The third-order valence-corrected chi connectivity index (χ3v) is 9.15. The van der Waals surface area contributed by atoms with Gasteiger partial charge in [0.05, 0.1) is 0 Å². The Morgan fingerprint density at radius 1 is 0.618 bits per heavy atom. The summed E-state index contributed by atoms with van der Waals surface area (Å²) in [6, 6.07) is 9.54. The molecule has 0 aromatic heterocycles. The minimum absolute atomic E-state index is 0.329. The zero-order chi connectivity index (χ0) is 24.7. The van der Waals surface area contributed by atoms with Gasteiger partial charge in [0.15, 0.2) is 0 Å². The zero-order valence-corrected chi connectivity index (χ0v) is 24.4. The van der Waals surface area contributed by atoms with Crippen LogP contribution in [0.4, 0.5) is 0 Å². The van der Waals surface area contributed by atoms with Gasteiger partial charge in [0, 0.05) is 5.16 Å². The molecule has 1 aromatic rings. The maximum Gasteiger partial charge on any atom is 0.0164 e. The fourth-order valence-electron chi connectivity index (χ4n) is 5.53. The Balaban J connectivity index is 2.89. The summed E-state index contributed by atoms with van der Waals surface area (Å²) >= 11 is 0. The second kappa shape index (κ2) is 21.7. The van der Waals surface area contributed by atoms with E-state index in [1.54, 1.807) is 11.1 Å². The zero-order valence-electron chi connectivity index (χ0n) is 23.4. The van der Waals surface area contributed by atoms with E-state index in [0.717, 1.165) is 8.58 Å². The molecule has 0 aliphatic heterocycles. The molecule has 34 heavy (non-hydrogen) atoms. The van der Waals surface area contributed by atoms with Gasteiger partial charge in [0.2, 0.25) is 0 Å². The van der Waals surface area contributed by atoms with Crippen molar-refractivity contribution in [3.05, 3.63) is 47.8 Å². The molecule has 0 saturated heterocycles. The van der Waals surface area contributed by atoms with Gasteiger partial charge in [-0.15, -0.1) is 0 Å². The number of hydrogen-bond acceptors (Lipinski definition) is 0. The Bertz CT molecular complexity index is 574. The molecular formula is C33H59P. The summed E-state index contributed by atoms with van der Waals surface area (Å²) in [5, 5.41) is 0.329. The van der Waals surface area contributed by atoms with Crippen LogP contribution in [0.2, 0.25) is 0 Å². The van der Waals surface area contributed by atoms with Crippen LogP contribution in [0.15, 0.2) is 36.7 Å². The smallest absolute Gasteiger partial charge is 0.0164 e. The van der Waals surface area contributed by atoms with Crippen molar-refractivity contribution in [1.82, 2.24) is 0 Å². The van der Waals surface area contributed by atoms with E-state index in [-0.39, 0.29) is 0 Å². The molecule has 0 amide bonds. The van der Waals surface area contributed by atoms with Crippen LogP contribution in [0.3, 0.4) is 0 Å². The van der Waals surface area contributed by atoms with Crippen molar-refractivity contribution >= 4 is 8.58 Å². The van der Waals surface area contributed by atoms with Gasteiger partial charge in [-0.25, -0.2) is 0 Å². The van der Waals surface area contributed by atoms with Gasteiger partial charge >= 0.3 is 0 Å². The molecule has 0 saturated carbocycles. The van der Waals surface area contributed by atoms with Crippen LogP contribution in [0.25, 0.3) is 0 Å². The van der Waals surface area contributed by atoms with Gasteiger partial charge in [-0.2, -0.15) is 0 Å². The number of rotatable bonds is 24. The lowest BCUT2D eigenvalue weighted by Crippen LogP contribution is -2.22. The second-order valence-corrected chi connectivity index (χ2v) is 12.3. The number of hydrogen-bond donors (Lipinski definition) is 0. The highest BCUT2D eigenvalue weighted by atomic mass is 31.1. The van der Waals surface area contributed by atoms with Crippen molar-refractivity contribution in [2.75, 3.05) is 0 Å². The summed E-state index contributed by atoms with van der Waals surface area (Å²) < 4.78 is 0. The van der Waals surface area contributed by atoms with E-state index in [2.05, 4.69) is 57.4 Å². The van der Waals surface area contributed by atoms with Crippen molar-refractivity contribution in [3.8, 4) is 0 Å². The van der Waals surface area contributed by atoms with Crippen LogP contribution in [0, 0.1) is 0 Å². The lowest BCUT2D eigenvalue weighted by atomic mass is 9.83. The lowest BCUT2D eigenvalue weighted by molar-refractivity contribution is 0.447. The molecule has 1 atom stereocenters. The Morgan fingerprint density at radius 2 is 1.06 bits per heavy atom. The maximum atomic E-state index is 4.25. The molecule has 1 rings (SSSR count). The predicted molar refractivity (Wildman–Crippen MR) is 160 cm³/mol. The molecular weight excluding hydrogens is 427 g/mol. The normalized spacial score (nSPS) is 12.1. The Hall–Kier alpha value is -0.610. The monoisotopic (exact) mass is 486 g/mol. The SMILES string of the molecule is C=CPC(CCCCCCCC)(CCCCCCCC)c1ccccc1CCCCCCCC. The molecule has 1 heteroatoms. The van der Waals surface area contributed by atoms with Crippen molar-refractivity contribution in [3.63, 3.8) is 0 Å². The number of benzene rings is 1. The Labute approximate surface area is 217 Å². The standard InChI is InChI=1S/C33H59P/c1-5-9-12-15-18-21-26-31-27-22-23-28-32(31)33(34-8-4,29-24-19-16-13-10-6-2)30-25-20-17-14-11-7-3/h8,22-23,27-28,34H,4-7,9-21,24-26,29-30H2,1-3H3. The molecule has 0 N–H and O–H groups in total. The van der Waals surface area contributed by atoms with Crippen LogP contribution in [0.5, 0.6) is 0 Å². The van der Waals surface area contributed by atoms with Gasteiger partial charge in [-0.3, -0.25) is 0 Å². The van der Waals surface area contributed by atoms with Gasteiger partial charge in [-0.05, 0) is 36.8 Å². The van der Waals surface area contributed by atoms with Crippen molar-refractivity contribution in [1.29, 1.82) is 0 Å². The fourth-order valence-corrected chi connectivity index (χ4v) is 6.96. The minimum Gasteiger partial charge on any atom is -0.0988 e. The molecule has 0 fully saturated rings. The number of unbranched alkanes of at least 4 members (excludes halogenated alkanes) is 15. The summed E-state index contributed by atoms with van der Waals surface area (Å²) in [6.45, 7) is 11.2. The van der Waals surface area contributed by atoms with Crippen molar-refractivity contribution in [2.24, 2.45) is 0 Å². The second-order valence-electron chi connectivity index (χ2n) is 10.6. The van der Waals surface area contributed by atoms with Crippen molar-refractivity contribution < 1.29 is 0 Å². The minimum atomic E-state index is 0.329. The summed E-state index contributed by atoms with van der Waals surface area (Å²) in [5.41, 5.74) is 3.33. The van der Waals surface area contributed by atoms with E-state index in [1.165, 1.54) is 135 Å². The molecule has 0 heterocycles. The predicted octanol–water partition coefficient (Wildman–Crippen LogP) is 12.1. The quantitative estimate of drug-likeness (QED) is 0.101. The molecule has 0 aliphatic rings. The van der Waals surface area contributed by atoms with Gasteiger partial charge in [0.1, 0.15) is 0 Å². The largest absolute Gasteiger partial charge is 0.0988 e. The van der Waals surface area contributed by atoms with Gasteiger partial charge in [-0.1, -0.05) is 175 Å². The van der Waals surface area contributed by atoms with E-state index in [1.807, 2.05) is 0 Å². The van der Waals surface area contributed by atoms with E-state index < -0.39 is 0 Å². The first-order valence-corrected chi connectivity index (χ1v) is 16.3. The molecule has 1 aromatic carbocycles. The summed E-state index contributed by atoms with van der Waals surface area (Å²) in [7, 11) is 0.844. The molecule has 0 aliphatic carbocycles. The van der Waals surface area contributed by atoms with Crippen LogP contribution in [-0.4, -0.2) is 0 Å². The highest BCUT2D eigenvalue weighted by Gasteiger charge is 2.32. The van der Waals surface area contributed by atoms with Crippen LogP contribution >= 0.6 is 8.58 Å². The van der Waals surface area contributed by atoms with Gasteiger partial charge in [0.25, 0.3) is 0 Å². The Morgan fingerprint density at radius 3 is 1.56 bits per heavy atom. The Kier molecular flexibility index (Phi) is 20.0. The highest BCUT2D eigenvalue weighted by Crippen LogP contribution is 2.51. The highest BCUT2D eigenvalue weighted by molar-refractivity contribution is 7.43. The van der Waals surface area contributed by atoms with Crippen LogP contribution in [-0.2, 0) is 11.6 Å². The fraction of sp³-hybridized carbons (Fsp3) is 0.758. The third-order valence-electron chi connectivity index (χ3n) is 7.63. The molecule has 0 radical (unpaired) electrons. The number of aryl methyl sites for hydroxylation is 1. The van der Waals surface area contributed by atoms with Crippen LogP contribution < -0.4 is 0 Å². The topological polar surface area (TPSA) is 0 Å². The average molecular weight is 487 g/mol. The summed E-state index contributed by atoms with van der Waals surface area (Å²) in [4.78, 5) is 0. The third kappa shape index (κ3) is 13.5. The van der Waals surface area contributed by atoms with E-state index >= 15 is 0 Å². The average Bonchev–Trinajstić information content (AvgIpc) is 2.85. The summed E-state index contributed by atoms with van der Waals surface area (Å²) in [5.74, 6) is 2.26. The maximum absolute atomic E-state index is 4.25. The molecule has 196 valence electrons. The molecule has 1 unspecified atom stereocenters. The first-order valence-electron chi connectivity index (χ1n) is 15.2.